The fraction of sp³-hybridized carbons (Fsp3) is 0.0385. The molecule has 14 heteroatoms. The van der Waals surface area contributed by atoms with Crippen molar-refractivity contribution in [2.45, 2.75) is 0 Å². The zero-order valence-corrected chi connectivity index (χ0v) is 29.4. The molecule has 3 aromatic carbocycles. The van der Waals surface area contributed by atoms with Crippen molar-refractivity contribution in [3.8, 4) is 0 Å². The molecule has 0 saturated heterocycles. The molecule has 0 N–H and O–H groups in total. The highest BCUT2D eigenvalue weighted by Crippen LogP contribution is 2.57. The van der Waals surface area contributed by atoms with Crippen LogP contribution in [0.25, 0.3) is 6.08 Å². The summed E-state index contributed by atoms with van der Waals surface area (Å²) in [6.07, 6.45) is 11.3. The largest absolute Gasteiger partial charge is 0.0823 e. The molecular weight excluding hydrogens is 809 g/mol. The zero-order valence-electron chi connectivity index (χ0n) is 18.8. The summed E-state index contributed by atoms with van der Waals surface area (Å²) in [5.41, 5.74) is 0.347. The fourth-order valence-corrected chi connectivity index (χ4v) is 7.66. The third kappa shape index (κ3) is 5.96. The quantitative estimate of drug-likeness (QED) is 0.137. The van der Waals surface area contributed by atoms with Crippen molar-refractivity contribution >= 4 is 168 Å². The first kappa shape index (κ1) is 33.8. The van der Waals surface area contributed by atoms with Crippen LogP contribution in [0.15, 0.2) is 30.4 Å². The Morgan fingerprint density at radius 3 is 1.00 bits per heavy atom. The summed E-state index contributed by atoms with van der Waals surface area (Å²) in [5, 5.41) is -1.36. The van der Waals surface area contributed by atoms with E-state index in [0.717, 1.165) is 0 Å². The van der Waals surface area contributed by atoms with E-state index >= 15 is 0 Å². The number of hydrogen-bond donors (Lipinski definition) is 0. The third-order valence-corrected chi connectivity index (χ3v) is 12.0. The summed E-state index contributed by atoms with van der Waals surface area (Å²) in [4.78, 5) is 0. The van der Waals surface area contributed by atoms with Crippen LogP contribution in [0.2, 0.25) is 70.3 Å². The van der Waals surface area contributed by atoms with Crippen LogP contribution in [0.1, 0.15) is 22.3 Å². The Labute approximate surface area is 300 Å². The number of benzene rings is 3. The van der Waals surface area contributed by atoms with Crippen molar-refractivity contribution in [3.05, 3.63) is 129 Å². The summed E-state index contributed by atoms with van der Waals surface area (Å²) < 4.78 is 0. The van der Waals surface area contributed by atoms with E-state index in [4.69, 9.17) is 162 Å². The van der Waals surface area contributed by atoms with Crippen LogP contribution < -0.4 is 0 Å². The van der Waals surface area contributed by atoms with Gasteiger partial charge in [0.15, 0.2) is 0 Å². The summed E-state index contributed by atoms with van der Waals surface area (Å²) in [7, 11) is 0. The van der Waals surface area contributed by atoms with E-state index in [2.05, 4.69) is 0 Å². The molecule has 0 aliphatic heterocycles. The van der Waals surface area contributed by atoms with Gasteiger partial charge in [-0.25, -0.2) is 0 Å². The van der Waals surface area contributed by atoms with Gasteiger partial charge >= 0.3 is 0 Å². The van der Waals surface area contributed by atoms with Gasteiger partial charge in [0.2, 0.25) is 0 Å². The maximum absolute atomic E-state index is 6.88. The average Bonchev–Trinajstić information content (AvgIpc) is 3.45. The predicted molar refractivity (Wildman–Crippen MR) is 181 cm³/mol. The van der Waals surface area contributed by atoms with Crippen molar-refractivity contribution in [1.29, 1.82) is 0 Å². The lowest BCUT2D eigenvalue weighted by atomic mass is 9.84. The van der Waals surface area contributed by atoms with Gasteiger partial charge in [-0.2, -0.15) is 0 Å². The van der Waals surface area contributed by atoms with E-state index in [-0.39, 0.29) is 98.8 Å². The molecule has 209 valence electrons. The Hall–Kier alpha value is 0.940. The van der Waals surface area contributed by atoms with Crippen molar-refractivity contribution in [2.75, 3.05) is 0 Å². The molecule has 0 fully saturated rings. The molecule has 0 saturated carbocycles. The van der Waals surface area contributed by atoms with Gasteiger partial charge in [-0.15, -0.1) is 0 Å². The normalized spacial score (nSPS) is 13.6. The number of allylic oxidation sites excluding steroid dienone is 5. The molecule has 0 nitrogen and oxygen atoms in total. The fourth-order valence-electron chi connectivity index (χ4n) is 3.82. The van der Waals surface area contributed by atoms with Crippen molar-refractivity contribution < 1.29 is 0 Å². The molecule has 1 aliphatic carbocycles. The Balaban J connectivity index is 2.16. The van der Waals surface area contributed by atoms with Gasteiger partial charge in [-0.3, -0.25) is 0 Å². The first-order valence-corrected chi connectivity index (χ1v) is 15.8. The SMILES string of the molecule is Clc1c(Cl)c(Cl)c([C](c2c(Cl)c(Cl)c(Cl)c(Cl)c2Cl)c2c(Cl)c(Cl)c(/C=C/C3C=CC=C3)c(Cl)c2Cl)c(Cl)c1Cl. The van der Waals surface area contributed by atoms with Gasteiger partial charge in [0, 0.05) is 28.2 Å². The van der Waals surface area contributed by atoms with Crippen LogP contribution in [0, 0.1) is 11.8 Å². The Kier molecular flexibility index (Phi) is 11.4. The van der Waals surface area contributed by atoms with E-state index in [9.17, 15) is 0 Å². The maximum Gasteiger partial charge on any atom is 0.0809 e. The molecular formula is C26H7Cl14. The van der Waals surface area contributed by atoms with Crippen molar-refractivity contribution in [3.63, 3.8) is 0 Å². The van der Waals surface area contributed by atoms with Gasteiger partial charge in [-0.05, 0) is 0 Å². The molecule has 0 heterocycles. The maximum atomic E-state index is 6.88. The van der Waals surface area contributed by atoms with Crippen LogP contribution >= 0.6 is 162 Å². The van der Waals surface area contributed by atoms with Crippen LogP contribution in [-0.2, 0) is 0 Å². The highest BCUT2D eigenvalue weighted by atomic mass is 35.5. The minimum atomic E-state index is -0.145. The lowest BCUT2D eigenvalue weighted by Crippen LogP contribution is -2.12. The van der Waals surface area contributed by atoms with E-state index < -0.39 is 0 Å². The molecule has 1 radical (unpaired) electrons. The minimum Gasteiger partial charge on any atom is -0.0823 e. The zero-order chi connectivity index (χ0) is 29.8. The van der Waals surface area contributed by atoms with Crippen LogP contribution in [0.5, 0.6) is 0 Å². The molecule has 0 aromatic heterocycles. The van der Waals surface area contributed by atoms with Crippen LogP contribution in [0.4, 0.5) is 0 Å². The van der Waals surface area contributed by atoms with Gasteiger partial charge in [0.1, 0.15) is 0 Å². The Bertz CT molecular complexity index is 1480. The Morgan fingerprint density at radius 2 is 0.675 bits per heavy atom. The van der Waals surface area contributed by atoms with Gasteiger partial charge in [0.25, 0.3) is 0 Å². The lowest BCUT2D eigenvalue weighted by molar-refractivity contribution is 1.10. The lowest BCUT2D eigenvalue weighted by Gasteiger charge is -2.28. The third-order valence-electron chi connectivity index (χ3n) is 5.73. The monoisotopic (exact) mass is 809 g/mol. The first-order valence-electron chi connectivity index (χ1n) is 10.5. The molecule has 0 bridgehead atoms. The Morgan fingerprint density at radius 1 is 0.400 bits per heavy atom. The highest BCUT2D eigenvalue weighted by molar-refractivity contribution is 6.57. The number of rotatable bonds is 5. The van der Waals surface area contributed by atoms with Gasteiger partial charge in [-0.1, -0.05) is 199 Å². The van der Waals surface area contributed by atoms with Gasteiger partial charge in [0.05, 0.1) is 76.2 Å². The minimum absolute atomic E-state index is 0.00178. The molecule has 0 atom stereocenters. The second-order valence-corrected chi connectivity index (χ2v) is 13.3. The topological polar surface area (TPSA) is 0 Å². The highest BCUT2D eigenvalue weighted by Gasteiger charge is 2.37. The average molecular weight is 816 g/mol. The molecule has 1 aliphatic rings. The summed E-state index contributed by atoms with van der Waals surface area (Å²) in [6.45, 7) is 0. The second-order valence-electron chi connectivity index (χ2n) is 8.02. The second kappa shape index (κ2) is 13.5. The van der Waals surface area contributed by atoms with E-state index in [1.807, 2.05) is 30.4 Å². The molecule has 40 heavy (non-hydrogen) atoms. The van der Waals surface area contributed by atoms with Crippen molar-refractivity contribution in [1.82, 2.24) is 0 Å². The standard InChI is InChI=1S/C26H7Cl14/c27-13-8(6-5-7-3-1-2-4-7)14(28)16(30)10(15(13)29)9(11-17(31)21(35)25(39)22(36)18(11)32)12-19(33)23(37)26(40)24(38)20(12)34/h1-7H/b6-5+. The van der Waals surface area contributed by atoms with Crippen molar-refractivity contribution in [2.24, 2.45) is 5.92 Å². The van der Waals surface area contributed by atoms with Crippen LogP contribution in [0.3, 0.4) is 0 Å². The van der Waals surface area contributed by atoms with E-state index in [1.165, 1.54) is 0 Å². The molecule has 4 rings (SSSR count). The summed E-state index contributed by atoms with van der Waals surface area (Å²) in [6, 6.07) is 0. The summed E-state index contributed by atoms with van der Waals surface area (Å²) >= 11 is 92.2. The van der Waals surface area contributed by atoms with E-state index in [0.29, 0.717) is 5.56 Å². The predicted octanol–water partition coefficient (Wildman–Crippen LogP) is 15.6. The molecule has 0 unspecified atom stereocenters. The molecule has 0 spiro atoms. The van der Waals surface area contributed by atoms with E-state index in [1.54, 1.807) is 6.08 Å². The van der Waals surface area contributed by atoms with Gasteiger partial charge < -0.3 is 0 Å². The van der Waals surface area contributed by atoms with Crippen LogP contribution in [-0.4, -0.2) is 0 Å². The smallest absolute Gasteiger partial charge is 0.0809 e. The summed E-state index contributed by atoms with van der Waals surface area (Å²) in [5.74, 6) is 0.0281. The molecule has 3 aromatic rings. The number of hydrogen-bond acceptors (Lipinski definition) is 0. The molecule has 0 amide bonds. The number of halogens is 14. The first-order chi connectivity index (χ1) is 18.7.